The second kappa shape index (κ2) is 5.68. The predicted molar refractivity (Wildman–Crippen MR) is 69.5 cm³/mol. The van der Waals surface area contributed by atoms with Crippen molar-refractivity contribution in [3.8, 4) is 5.75 Å². The van der Waals surface area contributed by atoms with Gasteiger partial charge in [-0.15, -0.1) is 11.3 Å². The SMILES string of the molecule is COc1cc(F)ccc1NCCc1cccs1. The van der Waals surface area contributed by atoms with Crippen molar-refractivity contribution < 1.29 is 9.13 Å². The van der Waals surface area contributed by atoms with E-state index in [1.807, 2.05) is 6.07 Å². The highest BCUT2D eigenvalue weighted by Crippen LogP contribution is 2.24. The standard InChI is InChI=1S/C13H14FNOS/c1-16-13-9-10(14)4-5-12(13)15-7-6-11-3-2-8-17-11/h2-5,8-9,15H,6-7H2,1H3. The van der Waals surface area contributed by atoms with Crippen molar-refractivity contribution in [2.75, 3.05) is 19.0 Å². The van der Waals surface area contributed by atoms with Gasteiger partial charge in [-0.3, -0.25) is 0 Å². The van der Waals surface area contributed by atoms with Crippen LogP contribution in [-0.4, -0.2) is 13.7 Å². The van der Waals surface area contributed by atoms with Crippen LogP contribution in [0.3, 0.4) is 0 Å². The van der Waals surface area contributed by atoms with Gasteiger partial charge in [-0.1, -0.05) is 6.07 Å². The molecule has 0 aliphatic carbocycles. The van der Waals surface area contributed by atoms with Crippen molar-refractivity contribution in [1.82, 2.24) is 0 Å². The number of halogens is 1. The molecule has 0 fully saturated rings. The van der Waals surface area contributed by atoms with Crippen LogP contribution >= 0.6 is 11.3 Å². The predicted octanol–water partition coefficient (Wildman–Crippen LogP) is 3.55. The first-order valence-electron chi connectivity index (χ1n) is 5.39. The summed E-state index contributed by atoms with van der Waals surface area (Å²) in [7, 11) is 1.54. The van der Waals surface area contributed by atoms with Crippen LogP contribution in [0.5, 0.6) is 5.75 Å². The molecule has 2 aromatic rings. The third kappa shape index (κ3) is 3.20. The zero-order valence-electron chi connectivity index (χ0n) is 9.57. The van der Waals surface area contributed by atoms with E-state index in [-0.39, 0.29) is 5.82 Å². The molecular formula is C13H14FNOS. The minimum Gasteiger partial charge on any atom is -0.494 e. The highest BCUT2D eigenvalue weighted by molar-refractivity contribution is 7.09. The molecule has 2 rings (SSSR count). The molecule has 0 bridgehead atoms. The van der Waals surface area contributed by atoms with E-state index >= 15 is 0 Å². The fourth-order valence-corrected chi connectivity index (χ4v) is 2.30. The second-order valence-corrected chi connectivity index (χ2v) is 4.63. The summed E-state index contributed by atoms with van der Waals surface area (Å²) in [6.45, 7) is 0.808. The van der Waals surface area contributed by atoms with Gasteiger partial charge in [0.2, 0.25) is 0 Å². The zero-order chi connectivity index (χ0) is 12.1. The summed E-state index contributed by atoms with van der Waals surface area (Å²) in [5, 5.41) is 5.31. The lowest BCUT2D eigenvalue weighted by atomic mass is 10.2. The number of thiophene rings is 1. The molecule has 2 nitrogen and oxygen atoms in total. The van der Waals surface area contributed by atoms with Gasteiger partial charge in [-0.2, -0.15) is 0 Å². The maximum Gasteiger partial charge on any atom is 0.144 e. The minimum absolute atomic E-state index is 0.286. The topological polar surface area (TPSA) is 21.3 Å². The molecule has 4 heteroatoms. The molecule has 0 spiro atoms. The number of hydrogen-bond acceptors (Lipinski definition) is 3. The first kappa shape index (κ1) is 11.9. The molecule has 1 heterocycles. The number of benzene rings is 1. The minimum atomic E-state index is -0.286. The fourth-order valence-electron chi connectivity index (χ4n) is 1.59. The molecule has 0 saturated carbocycles. The van der Waals surface area contributed by atoms with Crippen LogP contribution in [0.4, 0.5) is 10.1 Å². The molecule has 90 valence electrons. The third-order valence-electron chi connectivity index (χ3n) is 2.43. The molecule has 0 radical (unpaired) electrons. The molecule has 1 N–H and O–H groups in total. The first-order chi connectivity index (χ1) is 8.29. The van der Waals surface area contributed by atoms with Crippen molar-refractivity contribution in [1.29, 1.82) is 0 Å². The molecule has 0 atom stereocenters. The summed E-state index contributed by atoms with van der Waals surface area (Å²) in [5.41, 5.74) is 0.824. The highest BCUT2D eigenvalue weighted by Gasteiger charge is 2.03. The molecule has 0 saturated heterocycles. The summed E-state index contributed by atoms with van der Waals surface area (Å²) in [5.74, 6) is 0.252. The highest BCUT2D eigenvalue weighted by atomic mass is 32.1. The summed E-state index contributed by atoms with van der Waals surface area (Å²) in [6.07, 6.45) is 0.957. The van der Waals surface area contributed by atoms with Crippen molar-refractivity contribution in [3.63, 3.8) is 0 Å². The van der Waals surface area contributed by atoms with Crippen LogP contribution in [0.2, 0.25) is 0 Å². The van der Waals surface area contributed by atoms with Gasteiger partial charge in [0.1, 0.15) is 11.6 Å². The Morgan fingerprint density at radius 2 is 2.24 bits per heavy atom. The fraction of sp³-hybridized carbons (Fsp3) is 0.231. The van der Waals surface area contributed by atoms with Gasteiger partial charge < -0.3 is 10.1 Å². The Morgan fingerprint density at radius 1 is 1.35 bits per heavy atom. The molecule has 0 aliphatic rings. The van der Waals surface area contributed by atoms with Gasteiger partial charge in [0.15, 0.2) is 0 Å². The van der Waals surface area contributed by atoms with Gasteiger partial charge >= 0.3 is 0 Å². The number of ether oxygens (including phenoxy) is 1. The lowest BCUT2D eigenvalue weighted by molar-refractivity contribution is 0.413. The maximum atomic E-state index is 13.0. The van der Waals surface area contributed by atoms with Crippen LogP contribution < -0.4 is 10.1 Å². The zero-order valence-corrected chi connectivity index (χ0v) is 10.4. The largest absolute Gasteiger partial charge is 0.494 e. The number of methoxy groups -OCH3 is 1. The number of nitrogens with one attached hydrogen (secondary N) is 1. The molecule has 0 unspecified atom stereocenters. The Hall–Kier alpha value is -1.55. The smallest absolute Gasteiger partial charge is 0.144 e. The normalized spacial score (nSPS) is 10.2. The maximum absolute atomic E-state index is 13.0. The average Bonchev–Trinajstić information content (AvgIpc) is 2.84. The van der Waals surface area contributed by atoms with Crippen LogP contribution in [0.15, 0.2) is 35.7 Å². The summed E-state index contributed by atoms with van der Waals surface area (Å²) in [4.78, 5) is 1.33. The van der Waals surface area contributed by atoms with Crippen molar-refractivity contribution in [3.05, 3.63) is 46.4 Å². The van der Waals surface area contributed by atoms with E-state index in [2.05, 4.69) is 16.8 Å². The van der Waals surface area contributed by atoms with E-state index in [9.17, 15) is 4.39 Å². The second-order valence-electron chi connectivity index (χ2n) is 3.60. The monoisotopic (exact) mass is 251 g/mol. The molecule has 1 aromatic heterocycles. The molecule has 0 aliphatic heterocycles. The van der Waals surface area contributed by atoms with Gasteiger partial charge in [-0.25, -0.2) is 4.39 Å². The number of hydrogen-bond donors (Lipinski definition) is 1. The van der Waals surface area contributed by atoms with E-state index in [0.717, 1.165) is 18.7 Å². The van der Waals surface area contributed by atoms with E-state index in [0.29, 0.717) is 5.75 Å². The van der Waals surface area contributed by atoms with Crippen molar-refractivity contribution in [2.24, 2.45) is 0 Å². The van der Waals surface area contributed by atoms with E-state index < -0.39 is 0 Å². The Morgan fingerprint density at radius 3 is 2.94 bits per heavy atom. The quantitative estimate of drug-likeness (QED) is 0.877. The average molecular weight is 251 g/mol. The molecule has 17 heavy (non-hydrogen) atoms. The van der Waals surface area contributed by atoms with Gasteiger partial charge in [0.05, 0.1) is 12.8 Å². The van der Waals surface area contributed by atoms with Crippen LogP contribution in [-0.2, 0) is 6.42 Å². The molecule has 1 aromatic carbocycles. The lowest BCUT2D eigenvalue weighted by Crippen LogP contribution is -2.05. The Balaban J connectivity index is 1.94. The van der Waals surface area contributed by atoms with E-state index in [1.54, 1.807) is 24.5 Å². The van der Waals surface area contributed by atoms with Crippen LogP contribution in [0.25, 0.3) is 0 Å². The van der Waals surface area contributed by atoms with Gasteiger partial charge in [-0.05, 0) is 30.0 Å². The first-order valence-corrected chi connectivity index (χ1v) is 6.27. The van der Waals surface area contributed by atoms with E-state index in [1.165, 1.54) is 17.0 Å². The van der Waals surface area contributed by atoms with Crippen molar-refractivity contribution in [2.45, 2.75) is 6.42 Å². The summed E-state index contributed by atoms with van der Waals surface area (Å²) >= 11 is 1.74. The summed E-state index contributed by atoms with van der Waals surface area (Å²) < 4.78 is 18.1. The summed E-state index contributed by atoms with van der Waals surface area (Å²) in [6, 6.07) is 8.65. The molecular weight excluding hydrogens is 237 g/mol. The number of rotatable bonds is 5. The molecule has 0 amide bonds. The Labute approximate surface area is 104 Å². The van der Waals surface area contributed by atoms with Gasteiger partial charge in [0.25, 0.3) is 0 Å². The Kier molecular flexibility index (Phi) is 3.98. The Bertz CT molecular complexity index is 470. The lowest BCUT2D eigenvalue weighted by Gasteiger charge is -2.10. The third-order valence-corrected chi connectivity index (χ3v) is 3.37. The number of anilines is 1. The van der Waals surface area contributed by atoms with Crippen molar-refractivity contribution >= 4 is 17.0 Å². The van der Waals surface area contributed by atoms with Crippen LogP contribution in [0.1, 0.15) is 4.88 Å². The van der Waals surface area contributed by atoms with E-state index in [4.69, 9.17) is 4.74 Å². The van der Waals surface area contributed by atoms with Gasteiger partial charge in [0, 0.05) is 17.5 Å². The van der Waals surface area contributed by atoms with Crippen LogP contribution in [0, 0.1) is 5.82 Å².